The molecule has 0 aliphatic rings. The van der Waals surface area contributed by atoms with E-state index in [0.717, 1.165) is 38.1 Å². The molecule has 3 rings (SSSR count). The van der Waals surface area contributed by atoms with Gasteiger partial charge in [-0.15, -0.1) is 0 Å². The van der Waals surface area contributed by atoms with Crippen molar-refractivity contribution in [2.24, 2.45) is 0 Å². The Balaban J connectivity index is 0.00000256. The van der Waals surface area contributed by atoms with Gasteiger partial charge in [-0.2, -0.15) is 16.8 Å². The number of rotatable bonds is 4. The molecule has 0 saturated heterocycles. The van der Waals surface area contributed by atoms with Crippen LogP contribution in [0.1, 0.15) is 13.8 Å². The van der Waals surface area contributed by atoms with Gasteiger partial charge in [0.15, 0.2) is 0 Å². The summed E-state index contributed by atoms with van der Waals surface area (Å²) < 4.78 is 75.4. The average Bonchev–Trinajstić information content (AvgIpc) is 2.61. The van der Waals surface area contributed by atoms with Crippen LogP contribution in [0.4, 0.5) is 0 Å². The zero-order chi connectivity index (χ0) is 22.4. The van der Waals surface area contributed by atoms with E-state index in [9.17, 15) is 35.5 Å². The predicted octanol–water partition coefficient (Wildman–Crippen LogP) is 1.04. The number of carbonyl (C=O) groups excluding carboxylic acids is 2. The second-order valence-corrected chi connectivity index (χ2v) is 9.05. The molecule has 3 aromatic rings. The van der Waals surface area contributed by atoms with Gasteiger partial charge in [0.05, 0.1) is 9.79 Å². The molecule has 0 amide bonds. The van der Waals surface area contributed by atoms with E-state index in [2.05, 4.69) is 0 Å². The topological polar surface area (TPSA) is 161 Å². The number of ether oxygens (including phenoxy) is 2. The number of hydrogen-bond donors (Lipinski definition) is 2. The molecule has 2 N–H and O–H groups in total. The van der Waals surface area contributed by atoms with Gasteiger partial charge in [0.2, 0.25) is 0 Å². The van der Waals surface area contributed by atoms with E-state index in [-0.39, 0.29) is 92.2 Å². The van der Waals surface area contributed by atoms with Crippen LogP contribution in [0.3, 0.4) is 0 Å². The molecule has 0 unspecified atom stereocenters. The number of benzene rings is 3. The van der Waals surface area contributed by atoms with Crippen molar-refractivity contribution in [3.8, 4) is 11.5 Å². The molecule has 0 radical (unpaired) electrons. The molecule has 0 spiro atoms. The van der Waals surface area contributed by atoms with Crippen LogP contribution < -0.4 is 9.47 Å². The Morgan fingerprint density at radius 3 is 1.22 bits per heavy atom. The van der Waals surface area contributed by atoms with Crippen LogP contribution in [0.25, 0.3) is 21.5 Å². The fourth-order valence-corrected chi connectivity index (χ4v) is 3.95. The molecule has 0 atom stereocenters. The van der Waals surface area contributed by atoms with Crippen LogP contribution in [0.15, 0.2) is 46.2 Å². The fraction of sp³-hybridized carbons (Fsp3) is 0.111. The van der Waals surface area contributed by atoms with Gasteiger partial charge in [-0.25, -0.2) is 0 Å². The molecule has 14 heteroatoms. The van der Waals surface area contributed by atoms with Crippen LogP contribution in [-0.4, -0.2) is 97.0 Å². The average molecular weight is 502 g/mol. The first kappa shape index (κ1) is 29.0. The molecule has 0 heterocycles. The second kappa shape index (κ2) is 10.5. The minimum atomic E-state index is -4.62. The van der Waals surface area contributed by atoms with Crippen LogP contribution in [0, 0.1) is 0 Å². The standard InChI is InChI=1S/C18H14O10S2.2Na.2H/c1-9(19)27-17-13-5-3-12(30(24,25)26)8-16(13)18(28-10(2)20)14-6-4-11(7-15(14)17)29(21,22)23;;;;/h3-8H,1-2H3,(H,21,22,23)(H,24,25,26);;;;. The summed E-state index contributed by atoms with van der Waals surface area (Å²) in [6.07, 6.45) is 0. The molecule has 162 valence electrons. The van der Waals surface area contributed by atoms with Crippen molar-refractivity contribution in [1.29, 1.82) is 0 Å². The molecule has 0 aliphatic carbocycles. The summed E-state index contributed by atoms with van der Waals surface area (Å²) in [6.45, 7) is 2.19. The van der Waals surface area contributed by atoms with E-state index >= 15 is 0 Å². The van der Waals surface area contributed by atoms with Crippen molar-refractivity contribution in [2.75, 3.05) is 0 Å². The van der Waals surface area contributed by atoms with Crippen molar-refractivity contribution < 1.29 is 45.0 Å². The predicted molar refractivity (Wildman–Crippen MR) is 118 cm³/mol. The molecule has 32 heavy (non-hydrogen) atoms. The number of esters is 2. The van der Waals surface area contributed by atoms with Gasteiger partial charge >= 0.3 is 71.1 Å². The van der Waals surface area contributed by atoms with Gasteiger partial charge in [0.1, 0.15) is 11.5 Å². The summed E-state index contributed by atoms with van der Waals surface area (Å²) in [5, 5.41) is 0.190. The molecule has 0 saturated carbocycles. The van der Waals surface area contributed by atoms with Gasteiger partial charge in [0.25, 0.3) is 20.2 Å². The molecular formula is C18H16Na2O10S2. The van der Waals surface area contributed by atoms with Crippen molar-refractivity contribution >= 4 is 113 Å². The molecule has 3 aromatic carbocycles. The number of fused-ring (bicyclic) bond motifs is 2. The van der Waals surface area contributed by atoms with Crippen molar-refractivity contribution in [3.63, 3.8) is 0 Å². The van der Waals surface area contributed by atoms with E-state index in [1.165, 1.54) is 12.1 Å². The first-order valence-corrected chi connectivity index (χ1v) is 11.0. The Bertz CT molecular complexity index is 1340. The monoisotopic (exact) mass is 502 g/mol. The second-order valence-electron chi connectivity index (χ2n) is 6.21. The van der Waals surface area contributed by atoms with Gasteiger partial charge in [0, 0.05) is 35.4 Å². The Labute approximate surface area is 227 Å². The Hall–Kier alpha value is -1.06. The zero-order valence-electron chi connectivity index (χ0n) is 15.4. The van der Waals surface area contributed by atoms with E-state index < -0.39 is 42.0 Å². The fourth-order valence-electron chi connectivity index (χ4n) is 2.94. The normalized spacial score (nSPS) is 11.4. The van der Waals surface area contributed by atoms with Crippen LogP contribution in [0.2, 0.25) is 0 Å². The zero-order valence-corrected chi connectivity index (χ0v) is 17.1. The van der Waals surface area contributed by atoms with Crippen LogP contribution >= 0.6 is 0 Å². The molecular weight excluding hydrogens is 486 g/mol. The third-order valence-electron chi connectivity index (χ3n) is 4.05. The Morgan fingerprint density at radius 2 is 0.969 bits per heavy atom. The SMILES string of the molecule is CC(=O)Oc1c2ccc(S(=O)(=O)O)cc2c(OC(C)=O)c2ccc(S(=O)(=O)O)cc12.[NaH].[NaH]. The summed E-state index contributed by atoms with van der Waals surface area (Å²) in [4.78, 5) is 22.3. The van der Waals surface area contributed by atoms with E-state index in [1.54, 1.807) is 0 Å². The third kappa shape index (κ3) is 6.08. The third-order valence-corrected chi connectivity index (χ3v) is 5.75. The molecule has 10 nitrogen and oxygen atoms in total. The maximum atomic E-state index is 11.7. The maximum absolute atomic E-state index is 11.7. The van der Waals surface area contributed by atoms with Gasteiger partial charge < -0.3 is 9.47 Å². The number of carbonyl (C=O) groups is 2. The molecule has 0 bridgehead atoms. The van der Waals surface area contributed by atoms with Crippen molar-refractivity contribution in [1.82, 2.24) is 0 Å². The van der Waals surface area contributed by atoms with Crippen molar-refractivity contribution in [2.45, 2.75) is 23.6 Å². The summed E-state index contributed by atoms with van der Waals surface area (Å²) >= 11 is 0. The first-order chi connectivity index (χ1) is 13.8. The molecule has 0 aromatic heterocycles. The Kier molecular flexibility index (Phi) is 9.48. The van der Waals surface area contributed by atoms with Crippen LogP contribution in [0.5, 0.6) is 11.5 Å². The minimum absolute atomic E-state index is 0. The van der Waals surface area contributed by atoms with Crippen LogP contribution in [-0.2, 0) is 29.8 Å². The summed E-state index contributed by atoms with van der Waals surface area (Å²) in [5.41, 5.74) is 0. The summed E-state index contributed by atoms with van der Waals surface area (Å²) in [6, 6.07) is 6.49. The molecule has 0 fully saturated rings. The van der Waals surface area contributed by atoms with Gasteiger partial charge in [-0.1, -0.05) is 0 Å². The Morgan fingerprint density at radius 1 is 0.656 bits per heavy atom. The van der Waals surface area contributed by atoms with Gasteiger partial charge in [-0.05, 0) is 36.4 Å². The van der Waals surface area contributed by atoms with Gasteiger partial charge in [-0.3, -0.25) is 18.7 Å². The number of hydrogen-bond acceptors (Lipinski definition) is 8. The summed E-state index contributed by atoms with van der Waals surface area (Å²) in [5.74, 6) is -1.85. The summed E-state index contributed by atoms with van der Waals surface area (Å²) in [7, 11) is -9.23. The molecule has 0 aliphatic heterocycles. The first-order valence-electron chi connectivity index (χ1n) is 8.14. The quantitative estimate of drug-likeness (QED) is 0.173. The van der Waals surface area contributed by atoms with Crippen molar-refractivity contribution in [3.05, 3.63) is 36.4 Å². The van der Waals surface area contributed by atoms with E-state index in [0.29, 0.717) is 0 Å². The van der Waals surface area contributed by atoms with E-state index in [1.807, 2.05) is 0 Å². The van der Waals surface area contributed by atoms with E-state index in [4.69, 9.17) is 9.47 Å².